The first-order valence-corrected chi connectivity index (χ1v) is 11.5. The summed E-state index contributed by atoms with van der Waals surface area (Å²) in [6.07, 6.45) is 1.33. The Morgan fingerprint density at radius 1 is 0.903 bits per heavy atom. The first-order chi connectivity index (χ1) is 14.9. The molecule has 1 aromatic carbocycles. The molecule has 2 aliphatic heterocycles. The predicted molar refractivity (Wildman–Crippen MR) is 117 cm³/mol. The quantitative estimate of drug-likeness (QED) is 0.733. The van der Waals surface area contributed by atoms with Crippen LogP contribution < -0.4 is 0 Å². The van der Waals surface area contributed by atoms with Crippen LogP contribution in [0.25, 0.3) is 0 Å². The van der Waals surface area contributed by atoms with Gasteiger partial charge in [-0.1, -0.05) is 12.1 Å². The number of hydrogen-bond acceptors (Lipinski definition) is 4. The van der Waals surface area contributed by atoms with Gasteiger partial charge in [-0.3, -0.25) is 14.4 Å². The van der Waals surface area contributed by atoms with Crippen molar-refractivity contribution >= 4 is 29.1 Å². The van der Waals surface area contributed by atoms with Gasteiger partial charge in [-0.25, -0.2) is 4.39 Å². The van der Waals surface area contributed by atoms with Gasteiger partial charge in [0.2, 0.25) is 5.91 Å². The molecule has 0 aliphatic carbocycles. The lowest BCUT2D eigenvalue weighted by atomic mass is 9.94. The fourth-order valence-corrected chi connectivity index (χ4v) is 4.87. The highest BCUT2D eigenvalue weighted by Crippen LogP contribution is 2.23. The van der Waals surface area contributed by atoms with Gasteiger partial charge in [0.1, 0.15) is 5.82 Å². The number of halogens is 1. The number of amides is 3. The molecule has 0 atom stereocenters. The second-order valence-corrected chi connectivity index (χ2v) is 9.07. The van der Waals surface area contributed by atoms with E-state index in [2.05, 4.69) is 0 Å². The van der Waals surface area contributed by atoms with Gasteiger partial charge < -0.3 is 14.7 Å². The third-order valence-electron chi connectivity index (χ3n) is 6.16. The first-order valence-electron chi connectivity index (χ1n) is 10.6. The average Bonchev–Trinajstić information content (AvgIpc) is 3.35. The van der Waals surface area contributed by atoms with Crippen LogP contribution in [0.2, 0.25) is 0 Å². The Labute approximate surface area is 185 Å². The largest absolute Gasteiger partial charge is 0.339 e. The lowest BCUT2D eigenvalue weighted by Gasteiger charge is -2.38. The summed E-state index contributed by atoms with van der Waals surface area (Å²) in [6, 6.07) is 8.23. The number of rotatable bonds is 3. The van der Waals surface area contributed by atoms with Crippen LogP contribution in [0.3, 0.4) is 0 Å². The summed E-state index contributed by atoms with van der Waals surface area (Å²) in [5, 5.41) is 1.89. The van der Waals surface area contributed by atoms with Gasteiger partial charge >= 0.3 is 0 Å². The molecule has 8 heteroatoms. The minimum Gasteiger partial charge on any atom is -0.339 e. The Morgan fingerprint density at radius 2 is 1.55 bits per heavy atom. The molecule has 3 amide bonds. The van der Waals surface area contributed by atoms with Crippen molar-refractivity contribution in [2.24, 2.45) is 5.92 Å². The maximum atomic E-state index is 13.8. The van der Waals surface area contributed by atoms with Gasteiger partial charge in [-0.05, 0) is 48.9 Å². The number of thiophene rings is 1. The Balaban J connectivity index is 1.27. The van der Waals surface area contributed by atoms with E-state index in [0.29, 0.717) is 63.2 Å². The highest BCUT2D eigenvalue weighted by molar-refractivity contribution is 7.12. The number of likely N-dealkylation sites (tertiary alicyclic amines) is 1. The topological polar surface area (TPSA) is 60.9 Å². The molecule has 1 aromatic heterocycles. The molecule has 6 nitrogen and oxygen atoms in total. The molecule has 2 aromatic rings. The Kier molecular flexibility index (Phi) is 6.36. The van der Waals surface area contributed by atoms with Gasteiger partial charge in [0.15, 0.2) is 0 Å². The fraction of sp³-hybridized carbons (Fsp3) is 0.435. The van der Waals surface area contributed by atoms with E-state index < -0.39 is 0 Å². The number of carbonyl (C=O) groups is 3. The Morgan fingerprint density at radius 3 is 2.16 bits per heavy atom. The highest BCUT2D eigenvalue weighted by Gasteiger charge is 2.33. The average molecular weight is 444 g/mol. The minimum atomic E-state index is -0.386. The molecule has 0 unspecified atom stereocenters. The van der Waals surface area contributed by atoms with E-state index in [1.165, 1.54) is 17.4 Å². The van der Waals surface area contributed by atoms with Crippen LogP contribution in [0.1, 0.15) is 38.4 Å². The first kappa shape index (κ1) is 21.5. The number of carbonyl (C=O) groups excluding carboxylic acids is 3. The molecule has 2 saturated heterocycles. The van der Waals surface area contributed by atoms with Crippen LogP contribution in [-0.4, -0.2) is 71.7 Å². The zero-order valence-electron chi connectivity index (χ0n) is 17.6. The molecular formula is C23H26FN3O3S. The second-order valence-electron chi connectivity index (χ2n) is 8.13. The highest BCUT2D eigenvalue weighted by atomic mass is 32.1. The monoisotopic (exact) mass is 443 g/mol. The molecule has 0 saturated carbocycles. The van der Waals surface area contributed by atoms with E-state index in [0.717, 1.165) is 4.88 Å². The van der Waals surface area contributed by atoms with Crippen LogP contribution in [-0.2, 0) is 4.79 Å². The van der Waals surface area contributed by atoms with Crippen LogP contribution in [0.15, 0.2) is 35.7 Å². The Hall–Kier alpha value is -2.74. The third kappa shape index (κ3) is 4.63. The molecule has 2 fully saturated rings. The maximum absolute atomic E-state index is 13.8. The number of benzene rings is 1. The van der Waals surface area contributed by atoms with E-state index in [1.54, 1.807) is 24.0 Å². The van der Waals surface area contributed by atoms with Gasteiger partial charge in [0.25, 0.3) is 11.8 Å². The molecule has 4 rings (SSSR count). The maximum Gasteiger partial charge on any atom is 0.263 e. The number of piperazine rings is 1. The summed E-state index contributed by atoms with van der Waals surface area (Å²) < 4.78 is 13.8. The molecule has 164 valence electrons. The smallest absolute Gasteiger partial charge is 0.263 e. The van der Waals surface area contributed by atoms with E-state index in [-0.39, 0.29) is 29.5 Å². The summed E-state index contributed by atoms with van der Waals surface area (Å²) in [6.45, 7) is 4.68. The van der Waals surface area contributed by atoms with Gasteiger partial charge in [0.05, 0.1) is 4.88 Å². The van der Waals surface area contributed by atoms with E-state index >= 15 is 0 Å². The van der Waals surface area contributed by atoms with Gasteiger partial charge in [-0.15, -0.1) is 11.3 Å². The van der Waals surface area contributed by atoms with Crippen LogP contribution >= 0.6 is 11.3 Å². The standard InChI is InChI=1S/C23H26FN3O3S/c1-16-4-5-18(15-19(16)24)22(29)27-12-10-26(11-13-27)21(28)17-6-8-25(9-7-17)23(30)20-3-2-14-31-20/h2-5,14-15,17H,6-13H2,1H3. The summed E-state index contributed by atoms with van der Waals surface area (Å²) in [7, 11) is 0. The zero-order valence-corrected chi connectivity index (χ0v) is 18.4. The van der Waals surface area contributed by atoms with Crippen molar-refractivity contribution in [2.45, 2.75) is 19.8 Å². The summed E-state index contributed by atoms with van der Waals surface area (Å²) in [5.74, 6) is -0.520. The normalized spacial score (nSPS) is 17.7. The predicted octanol–water partition coefficient (Wildman–Crippen LogP) is 3.03. The molecule has 2 aliphatic rings. The van der Waals surface area contributed by atoms with Crippen molar-refractivity contribution < 1.29 is 18.8 Å². The third-order valence-corrected chi connectivity index (χ3v) is 7.02. The number of nitrogens with zero attached hydrogens (tertiary/aromatic N) is 3. The summed E-state index contributed by atoms with van der Waals surface area (Å²) >= 11 is 1.44. The van der Waals surface area contributed by atoms with Crippen molar-refractivity contribution in [3.05, 3.63) is 57.5 Å². The van der Waals surface area contributed by atoms with E-state index in [9.17, 15) is 18.8 Å². The van der Waals surface area contributed by atoms with Crippen LogP contribution in [0.4, 0.5) is 4.39 Å². The van der Waals surface area contributed by atoms with E-state index in [4.69, 9.17) is 0 Å². The molecule has 0 bridgehead atoms. The fourth-order valence-electron chi connectivity index (χ4n) is 4.18. The minimum absolute atomic E-state index is 0.0422. The molecule has 3 heterocycles. The van der Waals surface area contributed by atoms with Gasteiger partial charge in [0, 0.05) is 50.7 Å². The SMILES string of the molecule is Cc1ccc(C(=O)N2CCN(C(=O)C3CCN(C(=O)c4cccs4)CC3)CC2)cc1F. The molecular weight excluding hydrogens is 417 g/mol. The Bertz CT molecular complexity index is 962. The lowest BCUT2D eigenvalue weighted by molar-refractivity contribution is -0.138. The van der Waals surface area contributed by atoms with Crippen molar-refractivity contribution in [3.63, 3.8) is 0 Å². The van der Waals surface area contributed by atoms with Gasteiger partial charge in [-0.2, -0.15) is 0 Å². The molecule has 31 heavy (non-hydrogen) atoms. The van der Waals surface area contributed by atoms with Crippen molar-refractivity contribution in [1.29, 1.82) is 0 Å². The molecule has 0 N–H and O–H groups in total. The summed E-state index contributed by atoms with van der Waals surface area (Å²) in [4.78, 5) is 44.2. The van der Waals surface area contributed by atoms with Crippen LogP contribution in [0, 0.1) is 18.7 Å². The zero-order chi connectivity index (χ0) is 22.0. The van der Waals surface area contributed by atoms with Crippen molar-refractivity contribution in [2.75, 3.05) is 39.3 Å². The van der Waals surface area contributed by atoms with E-state index in [1.807, 2.05) is 27.3 Å². The molecule has 0 spiro atoms. The second kappa shape index (κ2) is 9.18. The number of piperidine rings is 1. The number of hydrogen-bond donors (Lipinski definition) is 0. The lowest BCUT2D eigenvalue weighted by Crippen LogP contribution is -2.53. The molecule has 0 radical (unpaired) electrons. The summed E-state index contributed by atoms with van der Waals surface area (Å²) in [5.41, 5.74) is 0.848. The van der Waals surface area contributed by atoms with Crippen molar-refractivity contribution in [3.8, 4) is 0 Å². The van der Waals surface area contributed by atoms with Crippen LogP contribution in [0.5, 0.6) is 0 Å². The van der Waals surface area contributed by atoms with Crippen molar-refractivity contribution in [1.82, 2.24) is 14.7 Å². The number of aryl methyl sites for hydroxylation is 1.